The average molecular weight is 256 g/mol. The Kier molecular flexibility index (Phi) is 3.77. The van der Waals surface area contributed by atoms with Gasteiger partial charge in [0.1, 0.15) is 5.69 Å². The number of nitrogens with zero attached hydrogens (tertiary/aromatic N) is 1. The summed E-state index contributed by atoms with van der Waals surface area (Å²) in [6.45, 7) is 2.22. The zero-order valence-electron chi connectivity index (χ0n) is 10.0. The largest absolute Gasteiger partial charge is 0.477 e. The van der Waals surface area contributed by atoms with Gasteiger partial charge in [-0.05, 0) is 37.7 Å². The third-order valence-corrected chi connectivity index (χ3v) is 4.03. The first-order valence-corrected chi connectivity index (χ1v) is 6.60. The molecule has 0 atom stereocenters. The molecule has 0 spiro atoms. The molecule has 1 heterocycles. The Morgan fingerprint density at radius 1 is 1.47 bits per heavy atom. The number of carboxylic acids is 1. The Hall–Kier alpha value is -0.960. The molecule has 1 N–H and O–H groups in total. The van der Waals surface area contributed by atoms with Crippen molar-refractivity contribution in [2.75, 3.05) is 0 Å². The number of aromatic carboxylic acids is 1. The highest BCUT2D eigenvalue weighted by molar-refractivity contribution is 6.30. The van der Waals surface area contributed by atoms with Gasteiger partial charge < -0.3 is 9.67 Å². The van der Waals surface area contributed by atoms with Gasteiger partial charge >= 0.3 is 5.97 Å². The molecule has 0 bridgehead atoms. The highest BCUT2D eigenvalue weighted by Gasteiger charge is 2.24. The van der Waals surface area contributed by atoms with Crippen LogP contribution < -0.4 is 0 Å². The summed E-state index contributed by atoms with van der Waals surface area (Å²) >= 11 is 5.90. The standard InChI is InChI=1S/C13H18ClNO2/c1-2-9-3-5-11(6-4-9)15-8-10(14)7-12(15)13(16)17/h7-9,11H,2-6H2,1H3,(H,16,17). The lowest BCUT2D eigenvalue weighted by molar-refractivity contribution is 0.0680. The Morgan fingerprint density at radius 2 is 2.12 bits per heavy atom. The van der Waals surface area contributed by atoms with Crippen molar-refractivity contribution in [3.05, 3.63) is 23.0 Å². The number of hydrogen-bond acceptors (Lipinski definition) is 1. The average Bonchev–Trinajstić information content (AvgIpc) is 2.72. The van der Waals surface area contributed by atoms with E-state index in [4.69, 9.17) is 16.7 Å². The molecule has 0 saturated heterocycles. The van der Waals surface area contributed by atoms with Gasteiger partial charge in [0.25, 0.3) is 0 Å². The van der Waals surface area contributed by atoms with Crippen molar-refractivity contribution in [1.29, 1.82) is 0 Å². The summed E-state index contributed by atoms with van der Waals surface area (Å²) in [7, 11) is 0. The molecule has 1 saturated carbocycles. The first kappa shape index (κ1) is 12.5. The Balaban J connectivity index is 2.15. The van der Waals surface area contributed by atoms with Crippen LogP contribution >= 0.6 is 11.6 Å². The zero-order valence-corrected chi connectivity index (χ0v) is 10.8. The van der Waals surface area contributed by atoms with Crippen LogP contribution in [-0.4, -0.2) is 15.6 Å². The molecule has 0 amide bonds. The summed E-state index contributed by atoms with van der Waals surface area (Å²) in [5.41, 5.74) is 0.315. The quantitative estimate of drug-likeness (QED) is 0.888. The van der Waals surface area contributed by atoms with E-state index < -0.39 is 5.97 Å². The molecule has 0 aromatic carbocycles. The van der Waals surface area contributed by atoms with Crippen LogP contribution in [0.25, 0.3) is 0 Å². The smallest absolute Gasteiger partial charge is 0.352 e. The first-order chi connectivity index (χ1) is 8.11. The van der Waals surface area contributed by atoms with Crippen LogP contribution in [0.15, 0.2) is 12.3 Å². The van der Waals surface area contributed by atoms with Crippen molar-refractivity contribution >= 4 is 17.6 Å². The predicted octanol–water partition coefficient (Wildman–Crippen LogP) is 3.98. The second-order valence-electron chi connectivity index (χ2n) is 4.84. The van der Waals surface area contributed by atoms with E-state index in [1.807, 2.05) is 4.57 Å². The molecule has 94 valence electrons. The maximum absolute atomic E-state index is 11.1. The van der Waals surface area contributed by atoms with E-state index in [-0.39, 0.29) is 0 Å². The molecule has 17 heavy (non-hydrogen) atoms. The number of halogens is 1. The van der Waals surface area contributed by atoms with Gasteiger partial charge in [0.2, 0.25) is 0 Å². The van der Waals surface area contributed by atoms with Crippen LogP contribution in [-0.2, 0) is 0 Å². The van der Waals surface area contributed by atoms with Crippen LogP contribution in [0.4, 0.5) is 0 Å². The van der Waals surface area contributed by atoms with Gasteiger partial charge in [-0.1, -0.05) is 24.9 Å². The van der Waals surface area contributed by atoms with Gasteiger partial charge in [-0.2, -0.15) is 0 Å². The minimum atomic E-state index is -0.894. The van der Waals surface area contributed by atoms with Crippen LogP contribution in [0, 0.1) is 5.92 Å². The maximum atomic E-state index is 11.1. The molecule has 0 unspecified atom stereocenters. The summed E-state index contributed by atoms with van der Waals surface area (Å²) < 4.78 is 1.84. The number of aromatic nitrogens is 1. The molecule has 1 aliphatic carbocycles. The van der Waals surface area contributed by atoms with E-state index in [2.05, 4.69) is 6.92 Å². The zero-order chi connectivity index (χ0) is 12.4. The molecule has 1 aliphatic rings. The molecular weight excluding hydrogens is 238 g/mol. The van der Waals surface area contributed by atoms with Crippen LogP contribution in [0.5, 0.6) is 0 Å². The summed E-state index contributed by atoms with van der Waals surface area (Å²) in [6, 6.07) is 1.84. The van der Waals surface area contributed by atoms with E-state index in [0.29, 0.717) is 16.8 Å². The monoisotopic (exact) mass is 255 g/mol. The number of carboxylic acid groups (broad SMARTS) is 1. The van der Waals surface area contributed by atoms with E-state index in [1.54, 1.807) is 6.20 Å². The minimum Gasteiger partial charge on any atom is -0.477 e. The van der Waals surface area contributed by atoms with Crippen molar-refractivity contribution in [2.24, 2.45) is 5.92 Å². The fourth-order valence-electron chi connectivity index (χ4n) is 2.75. The fourth-order valence-corrected chi connectivity index (χ4v) is 2.96. The minimum absolute atomic E-state index is 0.302. The topological polar surface area (TPSA) is 42.2 Å². The summed E-state index contributed by atoms with van der Waals surface area (Å²) in [5.74, 6) is -0.0833. The highest BCUT2D eigenvalue weighted by atomic mass is 35.5. The number of carbonyl (C=O) groups is 1. The second-order valence-corrected chi connectivity index (χ2v) is 5.28. The fraction of sp³-hybridized carbons (Fsp3) is 0.615. The van der Waals surface area contributed by atoms with Crippen LogP contribution in [0.1, 0.15) is 55.6 Å². The second kappa shape index (κ2) is 5.13. The van der Waals surface area contributed by atoms with Gasteiger partial charge in [-0.15, -0.1) is 0 Å². The van der Waals surface area contributed by atoms with E-state index in [9.17, 15) is 4.79 Å². The summed E-state index contributed by atoms with van der Waals surface area (Å²) in [4.78, 5) is 11.1. The Labute approximate surface area is 106 Å². The predicted molar refractivity (Wildman–Crippen MR) is 67.7 cm³/mol. The molecule has 2 rings (SSSR count). The lowest BCUT2D eigenvalue weighted by atomic mass is 9.84. The van der Waals surface area contributed by atoms with Gasteiger partial charge in [-0.25, -0.2) is 4.79 Å². The molecule has 1 fully saturated rings. The third-order valence-electron chi connectivity index (χ3n) is 3.82. The molecule has 1 aromatic rings. The SMILES string of the molecule is CCC1CCC(n2cc(Cl)cc2C(=O)O)CC1. The molecule has 4 heteroatoms. The summed E-state index contributed by atoms with van der Waals surface area (Å²) in [5, 5.41) is 9.64. The maximum Gasteiger partial charge on any atom is 0.352 e. The third kappa shape index (κ3) is 2.65. The van der Waals surface area contributed by atoms with Gasteiger partial charge in [-0.3, -0.25) is 0 Å². The highest BCUT2D eigenvalue weighted by Crippen LogP contribution is 2.35. The van der Waals surface area contributed by atoms with Gasteiger partial charge in [0, 0.05) is 12.2 Å². The molecule has 3 nitrogen and oxygen atoms in total. The van der Waals surface area contributed by atoms with Gasteiger partial charge in [0.05, 0.1) is 5.02 Å². The molecular formula is C13H18ClNO2. The van der Waals surface area contributed by atoms with E-state index >= 15 is 0 Å². The van der Waals surface area contributed by atoms with Crippen molar-refractivity contribution < 1.29 is 9.90 Å². The van der Waals surface area contributed by atoms with E-state index in [1.165, 1.54) is 25.3 Å². The van der Waals surface area contributed by atoms with Crippen molar-refractivity contribution in [2.45, 2.75) is 45.1 Å². The number of rotatable bonds is 3. The lowest BCUT2D eigenvalue weighted by Crippen LogP contribution is -2.20. The van der Waals surface area contributed by atoms with Crippen molar-refractivity contribution in [3.63, 3.8) is 0 Å². The molecule has 1 aromatic heterocycles. The van der Waals surface area contributed by atoms with Crippen molar-refractivity contribution in [1.82, 2.24) is 4.57 Å². The van der Waals surface area contributed by atoms with E-state index in [0.717, 1.165) is 18.8 Å². The van der Waals surface area contributed by atoms with Gasteiger partial charge in [0.15, 0.2) is 0 Å². The Morgan fingerprint density at radius 3 is 2.65 bits per heavy atom. The lowest BCUT2D eigenvalue weighted by Gasteiger charge is -2.29. The normalized spacial score (nSPS) is 24.8. The van der Waals surface area contributed by atoms with Crippen LogP contribution in [0.2, 0.25) is 5.02 Å². The first-order valence-electron chi connectivity index (χ1n) is 6.22. The van der Waals surface area contributed by atoms with Crippen LogP contribution in [0.3, 0.4) is 0 Å². The van der Waals surface area contributed by atoms with Crippen molar-refractivity contribution in [3.8, 4) is 0 Å². The molecule has 0 aliphatic heterocycles. The Bertz CT molecular complexity index is 406. The number of hydrogen-bond donors (Lipinski definition) is 1. The summed E-state index contributed by atoms with van der Waals surface area (Å²) in [6.07, 6.45) is 7.48. The molecule has 0 radical (unpaired) electrons.